The van der Waals surface area contributed by atoms with E-state index in [1.54, 1.807) is 18.0 Å². The van der Waals surface area contributed by atoms with Gasteiger partial charge >= 0.3 is 6.03 Å². The molecule has 0 aliphatic carbocycles. The SMILES string of the molecule is CCSc1ccccc1NC(=O)NCc1cncn1CC(C)C. The molecule has 1 aromatic carbocycles. The molecule has 0 atom stereocenters. The van der Waals surface area contributed by atoms with Gasteiger partial charge < -0.3 is 15.2 Å². The summed E-state index contributed by atoms with van der Waals surface area (Å²) in [5.74, 6) is 1.50. The average Bonchev–Trinajstić information content (AvgIpc) is 2.94. The highest BCUT2D eigenvalue weighted by molar-refractivity contribution is 7.99. The van der Waals surface area contributed by atoms with Gasteiger partial charge in [0.1, 0.15) is 0 Å². The Kier molecular flexibility index (Phi) is 6.52. The first-order valence-corrected chi connectivity index (χ1v) is 8.84. The predicted molar refractivity (Wildman–Crippen MR) is 95.8 cm³/mol. The number of nitrogens with zero attached hydrogens (tertiary/aromatic N) is 2. The minimum atomic E-state index is -0.202. The van der Waals surface area contributed by atoms with Crippen molar-refractivity contribution < 1.29 is 4.79 Å². The Balaban J connectivity index is 1.92. The Morgan fingerprint density at radius 3 is 2.87 bits per heavy atom. The van der Waals surface area contributed by atoms with E-state index >= 15 is 0 Å². The van der Waals surface area contributed by atoms with Gasteiger partial charge in [-0.2, -0.15) is 0 Å². The summed E-state index contributed by atoms with van der Waals surface area (Å²) < 4.78 is 2.08. The maximum atomic E-state index is 12.1. The second-order valence-electron chi connectivity index (χ2n) is 5.67. The van der Waals surface area contributed by atoms with Crippen LogP contribution in [0.25, 0.3) is 0 Å². The van der Waals surface area contributed by atoms with Crippen LogP contribution in [-0.2, 0) is 13.1 Å². The molecule has 0 bridgehead atoms. The Morgan fingerprint density at radius 2 is 2.13 bits per heavy atom. The largest absolute Gasteiger partial charge is 0.333 e. The third kappa shape index (κ3) is 5.32. The van der Waals surface area contributed by atoms with E-state index < -0.39 is 0 Å². The van der Waals surface area contributed by atoms with E-state index in [9.17, 15) is 4.79 Å². The molecule has 1 aromatic heterocycles. The number of hydrogen-bond donors (Lipinski definition) is 2. The highest BCUT2D eigenvalue weighted by Crippen LogP contribution is 2.26. The first-order valence-electron chi connectivity index (χ1n) is 7.85. The minimum absolute atomic E-state index is 0.202. The van der Waals surface area contributed by atoms with Crippen molar-refractivity contribution in [2.45, 2.75) is 38.8 Å². The average molecular weight is 332 g/mol. The molecule has 0 saturated heterocycles. The highest BCUT2D eigenvalue weighted by atomic mass is 32.2. The second kappa shape index (κ2) is 8.62. The van der Waals surface area contributed by atoms with Crippen LogP contribution in [0.5, 0.6) is 0 Å². The molecular weight excluding hydrogens is 308 g/mol. The van der Waals surface area contributed by atoms with E-state index in [-0.39, 0.29) is 6.03 Å². The number of anilines is 1. The summed E-state index contributed by atoms with van der Waals surface area (Å²) in [5.41, 5.74) is 1.85. The maximum Gasteiger partial charge on any atom is 0.319 e. The first-order chi connectivity index (χ1) is 11.1. The molecule has 2 amide bonds. The summed E-state index contributed by atoms with van der Waals surface area (Å²) in [6.45, 7) is 7.77. The van der Waals surface area contributed by atoms with Crippen LogP contribution >= 0.6 is 11.8 Å². The number of hydrogen-bond acceptors (Lipinski definition) is 3. The molecule has 2 N–H and O–H groups in total. The molecule has 0 radical (unpaired) electrons. The van der Waals surface area contributed by atoms with Crippen molar-refractivity contribution in [1.29, 1.82) is 0 Å². The molecule has 5 nitrogen and oxygen atoms in total. The van der Waals surface area contributed by atoms with Gasteiger partial charge in [0.05, 0.1) is 24.3 Å². The Labute approximate surface area is 141 Å². The van der Waals surface area contributed by atoms with Crippen molar-refractivity contribution in [3.8, 4) is 0 Å². The van der Waals surface area contributed by atoms with E-state index in [2.05, 4.69) is 41.0 Å². The molecule has 0 aliphatic rings. The minimum Gasteiger partial charge on any atom is -0.333 e. The standard InChI is InChI=1S/C17H24N4OS/c1-4-23-16-8-6-5-7-15(16)20-17(22)19-10-14-9-18-12-21(14)11-13(2)3/h5-9,12-13H,4,10-11H2,1-3H3,(H2,19,20,22). The summed E-state index contributed by atoms with van der Waals surface area (Å²) >= 11 is 1.71. The molecule has 124 valence electrons. The van der Waals surface area contributed by atoms with Crippen LogP contribution in [-0.4, -0.2) is 21.3 Å². The molecule has 0 fully saturated rings. The third-order valence-corrected chi connectivity index (χ3v) is 4.18. The van der Waals surface area contributed by atoms with Crippen molar-refractivity contribution in [2.24, 2.45) is 5.92 Å². The van der Waals surface area contributed by atoms with Gasteiger partial charge in [-0.3, -0.25) is 0 Å². The van der Waals surface area contributed by atoms with Gasteiger partial charge in [0.2, 0.25) is 0 Å². The van der Waals surface area contributed by atoms with E-state index in [1.807, 2.05) is 30.6 Å². The van der Waals surface area contributed by atoms with Crippen molar-refractivity contribution in [1.82, 2.24) is 14.9 Å². The highest BCUT2D eigenvalue weighted by Gasteiger charge is 2.08. The van der Waals surface area contributed by atoms with Crippen LogP contribution in [0, 0.1) is 5.92 Å². The number of rotatable bonds is 7. The smallest absolute Gasteiger partial charge is 0.319 e. The van der Waals surface area contributed by atoms with E-state index in [1.165, 1.54) is 0 Å². The number of carbonyl (C=O) groups is 1. The topological polar surface area (TPSA) is 59.0 Å². The molecule has 0 saturated carbocycles. The lowest BCUT2D eigenvalue weighted by Crippen LogP contribution is -2.29. The zero-order chi connectivity index (χ0) is 16.7. The Morgan fingerprint density at radius 1 is 1.35 bits per heavy atom. The number of carbonyl (C=O) groups excluding carboxylic acids is 1. The molecule has 23 heavy (non-hydrogen) atoms. The quantitative estimate of drug-likeness (QED) is 0.754. The Bertz CT molecular complexity index is 639. The van der Waals surface area contributed by atoms with Crippen LogP contribution in [0.15, 0.2) is 41.7 Å². The number of nitrogens with one attached hydrogen (secondary N) is 2. The lowest BCUT2D eigenvalue weighted by Gasteiger charge is -2.13. The van der Waals surface area contributed by atoms with E-state index in [0.717, 1.165) is 28.6 Å². The molecule has 0 aliphatic heterocycles. The van der Waals surface area contributed by atoms with Crippen LogP contribution in [0.3, 0.4) is 0 Å². The van der Waals surface area contributed by atoms with Crippen molar-refractivity contribution in [3.63, 3.8) is 0 Å². The van der Waals surface area contributed by atoms with Crippen molar-refractivity contribution in [3.05, 3.63) is 42.5 Å². The fraction of sp³-hybridized carbons (Fsp3) is 0.412. The second-order valence-corrected chi connectivity index (χ2v) is 6.97. The summed E-state index contributed by atoms with van der Waals surface area (Å²) in [6.07, 6.45) is 3.60. The summed E-state index contributed by atoms with van der Waals surface area (Å²) in [4.78, 5) is 17.4. The third-order valence-electron chi connectivity index (χ3n) is 3.23. The fourth-order valence-corrected chi connectivity index (χ4v) is 3.00. The van der Waals surface area contributed by atoms with E-state index in [4.69, 9.17) is 0 Å². The fourth-order valence-electron chi connectivity index (χ4n) is 2.24. The summed E-state index contributed by atoms with van der Waals surface area (Å²) in [7, 11) is 0. The monoisotopic (exact) mass is 332 g/mol. The number of imidazole rings is 1. The molecule has 0 unspecified atom stereocenters. The molecule has 1 heterocycles. The summed E-state index contributed by atoms with van der Waals surface area (Å²) in [6, 6.07) is 7.63. The van der Waals surface area contributed by atoms with Gasteiger partial charge in [-0.15, -0.1) is 11.8 Å². The van der Waals surface area contributed by atoms with Crippen LogP contribution in [0.2, 0.25) is 0 Å². The number of amides is 2. The lowest BCUT2D eigenvalue weighted by molar-refractivity contribution is 0.251. The molecular formula is C17H24N4OS. The van der Waals surface area contributed by atoms with Crippen molar-refractivity contribution >= 4 is 23.5 Å². The molecule has 6 heteroatoms. The number of benzene rings is 1. The maximum absolute atomic E-state index is 12.1. The summed E-state index contributed by atoms with van der Waals surface area (Å²) in [5, 5.41) is 5.81. The lowest BCUT2D eigenvalue weighted by atomic mass is 10.2. The van der Waals surface area contributed by atoms with Gasteiger partial charge in [-0.1, -0.05) is 32.9 Å². The molecule has 2 aromatic rings. The van der Waals surface area contributed by atoms with Crippen molar-refractivity contribution in [2.75, 3.05) is 11.1 Å². The van der Waals surface area contributed by atoms with Gasteiger partial charge in [-0.05, 0) is 23.8 Å². The normalized spacial score (nSPS) is 10.8. The molecule has 2 rings (SSSR count). The number of urea groups is 1. The zero-order valence-electron chi connectivity index (χ0n) is 13.9. The van der Waals surface area contributed by atoms with Crippen LogP contribution in [0.4, 0.5) is 10.5 Å². The van der Waals surface area contributed by atoms with Gasteiger partial charge in [0.15, 0.2) is 0 Å². The van der Waals surface area contributed by atoms with Gasteiger partial charge in [0, 0.05) is 17.6 Å². The van der Waals surface area contributed by atoms with Gasteiger partial charge in [0.25, 0.3) is 0 Å². The molecule has 0 spiro atoms. The van der Waals surface area contributed by atoms with Crippen LogP contribution in [0.1, 0.15) is 26.5 Å². The van der Waals surface area contributed by atoms with Crippen LogP contribution < -0.4 is 10.6 Å². The Hall–Kier alpha value is -1.95. The van der Waals surface area contributed by atoms with Gasteiger partial charge in [-0.25, -0.2) is 9.78 Å². The number of para-hydroxylation sites is 1. The number of aromatic nitrogens is 2. The zero-order valence-corrected chi connectivity index (χ0v) is 14.7. The number of thioether (sulfide) groups is 1. The van der Waals surface area contributed by atoms with E-state index in [0.29, 0.717) is 12.5 Å². The predicted octanol–water partition coefficient (Wildman–Crippen LogP) is 3.97. The first kappa shape index (κ1) is 17.4.